The van der Waals surface area contributed by atoms with Crippen molar-refractivity contribution in [3.63, 3.8) is 0 Å². The lowest BCUT2D eigenvalue weighted by atomic mass is 9.62. The third kappa shape index (κ3) is 6.09. The van der Waals surface area contributed by atoms with Gasteiger partial charge in [0.05, 0.1) is 40.0 Å². The number of fused-ring (bicyclic) bond motifs is 5. The van der Waals surface area contributed by atoms with Crippen LogP contribution in [0.3, 0.4) is 0 Å². The van der Waals surface area contributed by atoms with E-state index in [1.165, 1.54) is 49.8 Å². The maximum atomic E-state index is 6.98. The van der Waals surface area contributed by atoms with Crippen LogP contribution in [0.2, 0.25) is 0 Å². The number of para-hydroxylation sites is 1. The zero-order valence-electron chi connectivity index (χ0n) is 35.1. The van der Waals surface area contributed by atoms with Crippen LogP contribution in [-0.4, -0.2) is 33.7 Å². The lowest BCUT2D eigenvalue weighted by molar-refractivity contribution is 0.229. The van der Waals surface area contributed by atoms with Crippen molar-refractivity contribution in [3.8, 4) is 5.75 Å². The van der Waals surface area contributed by atoms with E-state index in [2.05, 4.69) is 184 Å². The fourth-order valence-electron chi connectivity index (χ4n) is 10.6. The van der Waals surface area contributed by atoms with E-state index in [-0.39, 0.29) is 23.0 Å². The minimum Gasteiger partial charge on any atom is -0.482 e. The predicted octanol–water partition coefficient (Wildman–Crippen LogP) is 12.5. The highest BCUT2D eigenvalue weighted by atomic mass is 16.5. The largest absolute Gasteiger partial charge is 0.482 e. The molecule has 298 valence electrons. The van der Waals surface area contributed by atoms with Crippen molar-refractivity contribution in [1.82, 2.24) is 14.9 Å². The Morgan fingerprint density at radius 3 is 2.30 bits per heavy atom. The monoisotopic (exact) mass is 792 g/mol. The van der Waals surface area contributed by atoms with Crippen LogP contribution in [-0.2, 0) is 5.41 Å². The number of aliphatic imine (C=N–C) groups is 1. The molecule has 2 aromatic heterocycles. The Balaban J connectivity index is 0.983. The standard InChI is InChI=1S/C56H48N4O/c1-36-21-28-44(41-27-24-37-14-5-6-15-40(37)32-41)53-51(36)56(3)45-17-7-8-20-50(45)61-54(56)52(59-53)39-25-22-38(23-26-39)42-16-13-29-55(2,35-42)43-33-48(46-18-9-11-30-57-46)60(4)49(34-43)47-19-10-12-31-58-47/h5-20,22-28,30-36,48,54H,21,29H2,1-4H3. The van der Waals surface area contributed by atoms with E-state index in [1.54, 1.807) is 0 Å². The second kappa shape index (κ2) is 14.4. The average molecular weight is 793 g/mol. The third-order valence-corrected chi connectivity index (χ3v) is 13.8. The van der Waals surface area contributed by atoms with Gasteiger partial charge >= 0.3 is 0 Å². The Kier molecular flexibility index (Phi) is 8.78. The molecule has 5 nitrogen and oxygen atoms in total. The van der Waals surface area contributed by atoms with Crippen LogP contribution in [0.1, 0.15) is 73.3 Å². The summed E-state index contributed by atoms with van der Waals surface area (Å²) in [5.41, 5.74) is 14.3. The molecule has 5 unspecified atom stereocenters. The van der Waals surface area contributed by atoms with Gasteiger partial charge in [0.1, 0.15) is 5.75 Å². The maximum absolute atomic E-state index is 6.98. The summed E-state index contributed by atoms with van der Waals surface area (Å²) in [6.07, 6.45) is 19.5. The smallest absolute Gasteiger partial charge is 0.154 e. The van der Waals surface area contributed by atoms with E-state index in [4.69, 9.17) is 19.7 Å². The van der Waals surface area contributed by atoms with Gasteiger partial charge in [0.2, 0.25) is 0 Å². The van der Waals surface area contributed by atoms with E-state index >= 15 is 0 Å². The number of likely N-dealkylation sites (N-methyl/N-ethyl adjacent to an activating group) is 1. The first-order valence-corrected chi connectivity index (χ1v) is 21.6. The van der Waals surface area contributed by atoms with Crippen molar-refractivity contribution < 1.29 is 4.74 Å². The van der Waals surface area contributed by atoms with E-state index in [0.29, 0.717) is 5.92 Å². The van der Waals surface area contributed by atoms with Crippen molar-refractivity contribution in [3.05, 3.63) is 227 Å². The summed E-state index contributed by atoms with van der Waals surface area (Å²) in [5, 5.41) is 2.48. The second-order valence-electron chi connectivity index (χ2n) is 17.7. The predicted molar refractivity (Wildman–Crippen MR) is 249 cm³/mol. The van der Waals surface area contributed by atoms with Gasteiger partial charge < -0.3 is 9.64 Å². The molecular weight excluding hydrogens is 745 g/mol. The Morgan fingerprint density at radius 2 is 1.49 bits per heavy atom. The highest BCUT2D eigenvalue weighted by molar-refractivity contribution is 6.09. The summed E-state index contributed by atoms with van der Waals surface area (Å²) >= 11 is 0. The SMILES string of the molecule is CC1CC=C(c2ccc3ccccc3c2)C2=C1C1(C)c3ccccc3OC1C(c1ccc(C3=CC(C)(C4=CC(c5ccccn5)N(C)C(c5ccccn5)=C4)CC=C3)cc1)=N2. The normalized spacial score (nSPS) is 25.3. The summed E-state index contributed by atoms with van der Waals surface area (Å²) in [5.74, 6) is 1.27. The van der Waals surface area contributed by atoms with Gasteiger partial charge in [-0.15, -0.1) is 0 Å². The quantitative estimate of drug-likeness (QED) is 0.169. The van der Waals surface area contributed by atoms with E-state index < -0.39 is 0 Å². The molecule has 0 saturated heterocycles. The Bertz CT molecular complexity index is 2950. The van der Waals surface area contributed by atoms with Crippen molar-refractivity contribution >= 4 is 33.3 Å². The van der Waals surface area contributed by atoms with Gasteiger partial charge in [0, 0.05) is 36.0 Å². The fraction of sp³-hybridized carbons (Fsp3) is 0.196. The van der Waals surface area contributed by atoms with Crippen LogP contribution >= 0.6 is 0 Å². The first-order chi connectivity index (χ1) is 29.8. The molecule has 5 heteroatoms. The highest BCUT2D eigenvalue weighted by Crippen LogP contribution is 2.57. The van der Waals surface area contributed by atoms with Crippen LogP contribution in [0.15, 0.2) is 198 Å². The van der Waals surface area contributed by atoms with E-state index in [1.807, 2.05) is 24.5 Å². The molecule has 3 aliphatic heterocycles. The maximum Gasteiger partial charge on any atom is 0.154 e. The molecule has 61 heavy (non-hydrogen) atoms. The van der Waals surface area contributed by atoms with Crippen molar-refractivity contribution in [1.29, 1.82) is 0 Å². The first kappa shape index (κ1) is 37.2. The molecule has 5 aliphatic rings. The molecule has 0 fully saturated rings. The number of pyridine rings is 2. The molecule has 0 radical (unpaired) electrons. The summed E-state index contributed by atoms with van der Waals surface area (Å²) < 4.78 is 6.98. The summed E-state index contributed by atoms with van der Waals surface area (Å²) in [4.78, 5) is 17.5. The van der Waals surface area contributed by atoms with Crippen LogP contribution in [0.5, 0.6) is 5.75 Å². The lowest BCUT2D eigenvalue weighted by Gasteiger charge is -2.43. The van der Waals surface area contributed by atoms with E-state index in [0.717, 1.165) is 52.6 Å². The van der Waals surface area contributed by atoms with Crippen molar-refractivity contribution in [2.24, 2.45) is 16.3 Å². The van der Waals surface area contributed by atoms with Gasteiger partial charge in [-0.1, -0.05) is 135 Å². The summed E-state index contributed by atoms with van der Waals surface area (Å²) in [6, 6.07) is 45.4. The van der Waals surface area contributed by atoms with Crippen LogP contribution in [0.25, 0.3) is 27.6 Å². The lowest BCUT2D eigenvalue weighted by Crippen LogP contribution is -2.48. The minimum atomic E-state index is -0.371. The molecule has 5 heterocycles. The molecule has 2 aliphatic carbocycles. The molecule has 0 bridgehead atoms. The second-order valence-corrected chi connectivity index (χ2v) is 17.7. The molecule has 0 spiro atoms. The molecule has 6 aromatic rings. The van der Waals surface area contributed by atoms with E-state index in [9.17, 15) is 0 Å². The van der Waals surface area contributed by atoms with Gasteiger partial charge in [-0.2, -0.15) is 0 Å². The third-order valence-electron chi connectivity index (χ3n) is 13.8. The zero-order valence-corrected chi connectivity index (χ0v) is 35.1. The van der Waals surface area contributed by atoms with Gasteiger partial charge in [-0.05, 0) is 112 Å². The van der Waals surface area contributed by atoms with Gasteiger partial charge in [0.25, 0.3) is 0 Å². The summed E-state index contributed by atoms with van der Waals surface area (Å²) in [6.45, 7) is 7.11. The molecule has 0 amide bonds. The fourth-order valence-corrected chi connectivity index (χ4v) is 10.6. The number of benzene rings is 4. The summed E-state index contributed by atoms with van der Waals surface area (Å²) in [7, 11) is 2.14. The van der Waals surface area contributed by atoms with Crippen LogP contribution in [0, 0.1) is 11.3 Å². The number of hydrogen-bond donors (Lipinski definition) is 0. The molecule has 0 N–H and O–H groups in total. The topological polar surface area (TPSA) is 50.6 Å². The number of allylic oxidation sites excluding steroid dienone is 8. The van der Waals surface area contributed by atoms with Gasteiger partial charge in [0.15, 0.2) is 6.10 Å². The highest BCUT2D eigenvalue weighted by Gasteiger charge is 2.55. The van der Waals surface area contributed by atoms with Gasteiger partial charge in [-0.25, -0.2) is 4.99 Å². The molecule has 4 aromatic carbocycles. The first-order valence-electron chi connectivity index (χ1n) is 21.6. The number of rotatable bonds is 6. The molecular formula is C56H48N4O. The molecule has 5 atom stereocenters. The Hall–Kier alpha value is -6.85. The molecule has 0 saturated carbocycles. The number of nitrogens with zero attached hydrogens (tertiary/aromatic N) is 4. The van der Waals surface area contributed by atoms with Crippen molar-refractivity contribution in [2.45, 2.75) is 51.2 Å². The van der Waals surface area contributed by atoms with Crippen molar-refractivity contribution in [2.75, 3.05) is 7.05 Å². The zero-order chi connectivity index (χ0) is 41.3. The number of ether oxygens (including phenoxy) is 1. The minimum absolute atomic E-state index is 0.0256. The molecule has 11 rings (SSSR count). The average Bonchev–Trinajstić information content (AvgIpc) is 3.62. The van der Waals surface area contributed by atoms with Gasteiger partial charge in [-0.3, -0.25) is 9.97 Å². The van der Waals surface area contributed by atoms with Crippen LogP contribution in [0.4, 0.5) is 0 Å². The Morgan fingerprint density at radius 1 is 0.754 bits per heavy atom. The van der Waals surface area contributed by atoms with Crippen LogP contribution < -0.4 is 4.74 Å². The Labute approximate surface area is 358 Å². The number of hydrogen-bond acceptors (Lipinski definition) is 5. The number of aromatic nitrogens is 2.